The predicted octanol–water partition coefficient (Wildman–Crippen LogP) is 4.60. The normalized spacial score (nSPS) is 11.0. The van der Waals surface area contributed by atoms with E-state index in [-0.39, 0.29) is 5.91 Å². The lowest BCUT2D eigenvalue weighted by molar-refractivity contribution is -0.122. The van der Waals surface area contributed by atoms with Crippen LogP contribution >= 0.6 is 0 Å². The first-order valence-electron chi connectivity index (χ1n) is 10.1. The molecule has 2 N–H and O–H groups in total. The Bertz CT molecular complexity index is 1090. The molecule has 6 heteroatoms. The summed E-state index contributed by atoms with van der Waals surface area (Å²) in [6.45, 7) is 4.38. The summed E-state index contributed by atoms with van der Waals surface area (Å²) < 4.78 is 11.2. The first kappa shape index (κ1) is 22.4. The number of carbonyl (C=O) groups is 1. The van der Waals surface area contributed by atoms with Crippen molar-refractivity contribution in [3.8, 4) is 17.6 Å². The van der Waals surface area contributed by atoms with Gasteiger partial charge in [-0.2, -0.15) is 5.26 Å². The number of hydrogen-bond acceptors (Lipinski definition) is 5. The Kier molecular flexibility index (Phi) is 7.88. The highest BCUT2D eigenvalue weighted by molar-refractivity contribution is 5.87. The van der Waals surface area contributed by atoms with Crippen molar-refractivity contribution in [2.45, 2.75) is 12.6 Å². The Morgan fingerprint density at radius 3 is 2.53 bits per heavy atom. The first-order valence-corrected chi connectivity index (χ1v) is 10.1. The van der Waals surface area contributed by atoms with E-state index in [1.165, 1.54) is 0 Å². The van der Waals surface area contributed by atoms with Gasteiger partial charge in [0, 0.05) is 17.8 Å². The van der Waals surface area contributed by atoms with Crippen molar-refractivity contribution < 1.29 is 14.3 Å². The van der Waals surface area contributed by atoms with Crippen LogP contribution in [-0.4, -0.2) is 19.6 Å². The van der Waals surface area contributed by atoms with Crippen LogP contribution in [0.15, 0.2) is 85.5 Å². The van der Waals surface area contributed by atoms with Gasteiger partial charge in [0.05, 0.1) is 18.7 Å². The summed E-state index contributed by atoms with van der Waals surface area (Å²) in [4.78, 5) is 13.3. The number of ether oxygens (including phenoxy) is 2. The molecule has 0 spiro atoms. The van der Waals surface area contributed by atoms with Gasteiger partial charge < -0.3 is 20.1 Å². The summed E-state index contributed by atoms with van der Waals surface area (Å²) in [5.74, 6) is 0.926. The molecule has 0 fully saturated rings. The van der Waals surface area contributed by atoms with E-state index >= 15 is 0 Å². The second kappa shape index (κ2) is 11.2. The lowest BCUT2D eigenvalue weighted by Crippen LogP contribution is -2.33. The number of nitriles is 1. The molecule has 1 amide bonds. The van der Waals surface area contributed by atoms with Crippen molar-refractivity contribution in [2.75, 3.05) is 19.0 Å². The maximum absolute atomic E-state index is 13.3. The molecule has 0 heterocycles. The lowest BCUT2D eigenvalue weighted by Gasteiger charge is -2.23. The second-order valence-corrected chi connectivity index (χ2v) is 6.97. The third kappa shape index (κ3) is 5.89. The molecule has 3 aromatic carbocycles. The van der Waals surface area contributed by atoms with Gasteiger partial charge in [-0.1, -0.05) is 43.0 Å². The van der Waals surface area contributed by atoms with Crippen LogP contribution in [0.3, 0.4) is 0 Å². The number of amides is 1. The van der Waals surface area contributed by atoms with E-state index in [9.17, 15) is 4.79 Å². The Morgan fingerprint density at radius 2 is 1.88 bits per heavy atom. The number of benzene rings is 3. The highest BCUT2D eigenvalue weighted by Crippen LogP contribution is 2.32. The number of carbonyl (C=O) groups excluding carboxylic acids is 1. The zero-order valence-corrected chi connectivity index (χ0v) is 17.9. The molecule has 162 valence electrons. The smallest absolute Gasteiger partial charge is 0.247 e. The molecule has 0 radical (unpaired) electrons. The molecule has 0 bridgehead atoms. The zero-order valence-electron chi connectivity index (χ0n) is 17.9. The van der Waals surface area contributed by atoms with Crippen molar-refractivity contribution >= 4 is 11.6 Å². The minimum Gasteiger partial charge on any atom is -0.497 e. The molecule has 3 aromatic rings. The van der Waals surface area contributed by atoms with Crippen molar-refractivity contribution in [3.05, 3.63) is 102 Å². The number of rotatable bonds is 10. The molecular weight excluding hydrogens is 402 g/mol. The average molecular weight is 428 g/mol. The average Bonchev–Trinajstić information content (AvgIpc) is 2.85. The highest BCUT2D eigenvalue weighted by atomic mass is 16.5. The van der Waals surface area contributed by atoms with Gasteiger partial charge in [-0.25, -0.2) is 0 Å². The monoisotopic (exact) mass is 427 g/mol. The third-order valence-corrected chi connectivity index (χ3v) is 4.78. The van der Waals surface area contributed by atoms with E-state index in [1.54, 1.807) is 55.7 Å². The summed E-state index contributed by atoms with van der Waals surface area (Å²) in [7, 11) is 1.57. The fourth-order valence-electron chi connectivity index (χ4n) is 3.14. The fraction of sp³-hybridized carbons (Fsp3) is 0.154. The van der Waals surface area contributed by atoms with Gasteiger partial charge in [0.1, 0.15) is 24.1 Å². The first-order chi connectivity index (χ1) is 15.6. The number of hydrogen-bond donors (Lipinski definition) is 2. The quantitative estimate of drug-likeness (QED) is 0.462. The van der Waals surface area contributed by atoms with Gasteiger partial charge in [0.25, 0.3) is 0 Å². The van der Waals surface area contributed by atoms with Crippen molar-refractivity contribution in [1.29, 1.82) is 5.26 Å². The topological polar surface area (TPSA) is 83.4 Å². The number of nitrogens with zero attached hydrogens (tertiary/aromatic N) is 1. The summed E-state index contributed by atoms with van der Waals surface area (Å²) in [5.41, 5.74) is 2.85. The van der Waals surface area contributed by atoms with Gasteiger partial charge in [-0.05, 0) is 48.0 Å². The van der Waals surface area contributed by atoms with Crippen LogP contribution in [0.4, 0.5) is 5.69 Å². The molecule has 1 unspecified atom stereocenters. The number of anilines is 1. The van der Waals surface area contributed by atoms with E-state index in [2.05, 4.69) is 23.3 Å². The highest BCUT2D eigenvalue weighted by Gasteiger charge is 2.25. The van der Waals surface area contributed by atoms with Gasteiger partial charge in [-0.3, -0.25) is 4.79 Å². The summed E-state index contributed by atoms with van der Waals surface area (Å²) in [6, 6.07) is 23.3. The maximum Gasteiger partial charge on any atom is 0.247 e. The summed E-state index contributed by atoms with van der Waals surface area (Å²) in [5, 5.41) is 15.3. The molecule has 6 nitrogen and oxygen atoms in total. The Hall–Kier alpha value is -4.24. The SMILES string of the molecule is C=CCOc1ccc(OC)cc1C(Nc1ccc(C#N)cc1)C(=O)NCc1ccccc1. The minimum absolute atomic E-state index is 0.227. The Morgan fingerprint density at radius 1 is 1.12 bits per heavy atom. The summed E-state index contributed by atoms with van der Waals surface area (Å²) >= 11 is 0. The molecule has 1 atom stereocenters. The molecule has 0 saturated carbocycles. The van der Waals surface area contributed by atoms with Gasteiger partial charge in [0.15, 0.2) is 0 Å². The molecule has 0 aromatic heterocycles. The second-order valence-electron chi connectivity index (χ2n) is 6.97. The van der Waals surface area contributed by atoms with Gasteiger partial charge >= 0.3 is 0 Å². The Balaban J connectivity index is 1.94. The molecule has 0 saturated heterocycles. The van der Waals surface area contributed by atoms with Crippen molar-refractivity contribution in [1.82, 2.24) is 5.32 Å². The van der Waals surface area contributed by atoms with Crippen LogP contribution in [0.5, 0.6) is 11.5 Å². The maximum atomic E-state index is 13.3. The van der Waals surface area contributed by atoms with Crippen molar-refractivity contribution in [3.63, 3.8) is 0 Å². The molecule has 0 aliphatic heterocycles. The molecule has 3 rings (SSSR count). The third-order valence-electron chi connectivity index (χ3n) is 4.78. The van der Waals surface area contributed by atoms with Crippen LogP contribution in [0.25, 0.3) is 0 Å². The van der Waals surface area contributed by atoms with E-state index in [0.717, 1.165) is 5.56 Å². The molecule has 0 aliphatic rings. The minimum atomic E-state index is -0.762. The van der Waals surface area contributed by atoms with E-state index < -0.39 is 6.04 Å². The van der Waals surface area contributed by atoms with Gasteiger partial charge in [-0.15, -0.1) is 0 Å². The predicted molar refractivity (Wildman–Crippen MR) is 124 cm³/mol. The number of nitrogens with one attached hydrogen (secondary N) is 2. The fourth-order valence-corrected chi connectivity index (χ4v) is 3.14. The van der Waals surface area contributed by atoms with Gasteiger partial charge in [0.2, 0.25) is 5.91 Å². The van der Waals surface area contributed by atoms with Crippen LogP contribution in [0.1, 0.15) is 22.7 Å². The van der Waals surface area contributed by atoms with Crippen LogP contribution in [0.2, 0.25) is 0 Å². The van der Waals surface area contributed by atoms with E-state index in [1.807, 2.05) is 30.3 Å². The van der Waals surface area contributed by atoms with E-state index in [4.69, 9.17) is 14.7 Å². The molecule has 0 aliphatic carbocycles. The van der Waals surface area contributed by atoms with Crippen LogP contribution < -0.4 is 20.1 Å². The lowest BCUT2D eigenvalue weighted by atomic mass is 10.0. The van der Waals surface area contributed by atoms with E-state index in [0.29, 0.717) is 41.5 Å². The largest absolute Gasteiger partial charge is 0.497 e. The molecular formula is C26H25N3O3. The number of methoxy groups -OCH3 is 1. The van der Waals surface area contributed by atoms with Crippen LogP contribution in [-0.2, 0) is 11.3 Å². The zero-order chi connectivity index (χ0) is 22.8. The standard InChI is InChI=1S/C26H25N3O3/c1-3-15-32-24-14-13-22(31-2)16-23(24)25(29-21-11-9-19(17-27)10-12-21)26(30)28-18-20-7-5-4-6-8-20/h3-14,16,25,29H,1,15,18H2,2H3,(H,28,30). The van der Waals surface area contributed by atoms with Crippen molar-refractivity contribution in [2.24, 2.45) is 0 Å². The van der Waals surface area contributed by atoms with Crippen LogP contribution in [0, 0.1) is 11.3 Å². The molecule has 32 heavy (non-hydrogen) atoms. The summed E-state index contributed by atoms with van der Waals surface area (Å²) in [6.07, 6.45) is 1.65. The Labute approximate surface area is 188 Å².